The van der Waals surface area contributed by atoms with E-state index >= 15 is 0 Å². The Morgan fingerprint density at radius 1 is 0.240 bits per heavy atom. The van der Waals surface area contributed by atoms with Crippen LogP contribution in [0.25, 0.3) is 0 Å². The molecule has 0 bridgehead atoms. The molecule has 0 unspecified atom stereocenters. The van der Waals surface area contributed by atoms with Gasteiger partial charge in [0.15, 0.2) is 0 Å². The van der Waals surface area contributed by atoms with Gasteiger partial charge < -0.3 is 89.6 Å². The molecule has 0 amide bonds. The number of thiol groups is 2. The Balaban J connectivity index is -0.0000000265. The maximum absolute atomic E-state index is 8.91. The van der Waals surface area contributed by atoms with Crippen molar-refractivity contribution in [2.24, 2.45) is 0 Å². The van der Waals surface area contributed by atoms with Crippen molar-refractivity contribution in [1.82, 2.24) is 0 Å². The highest BCUT2D eigenvalue weighted by Crippen LogP contribution is 2.15. The summed E-state index contributed by atoms with van der Waals surface area (Å²) in [5, 5.41) is 0. The summed E-state index contributed by atoms with van der Waals surface area (Å²) >= 11 is 8.24. The van der Waals surface area contributed by atoms with E-state index in [2.05, 4.69) is 92.0 Å². The molecule has 3 N–H and O–H groups in total. The summed E-state index contributed by atoms with van der Waals surface area (Å²) < 4.78 is 116. The van der Waals surface area contributed by atoms with Gasteiger partial charge in [-0.25, -0.2) is 0 Å². The third-order valence-electron chi connectivity index (χ3n) is 8.64. The van der Waals surface area contributed by atoms with E-state index in [1.165, 1.54) is 64.0 Å². The van der Waals surface area contributed by atoms with Gasteiger partial charge in [0.25, 0.3) is 0 Å². The van der Waals surface area contributed by atoms with Gasteiger partial charge >= 0.3 is 80.0 Å². The van der Waals surface area contributed by atoms with Gasteiger partial charge in [0.2, 0.25) is 0 Å². The van der Waals surface area contributed by atoms with Gasteiger partial charge in [-0.15, -0.1) is 0 Å². The van der Waals surface area contributed by atoms with Gasteiger partial charge in [0.05, 0.1) is 0 Å². The molecule has 0 aliphatic heterocycles. The fourth-order valence-corrected chi connectivity index (χ4v) is 9.56. The van der Waals surface area contributed by atoms with E-state index in [-0.39, 0.29) is 0 Å². The zero-order valence-electron chi connectivity index (χ0n) is 74.0. The molecule has 0 aromatic rings. The zero-order chi connectivity index (χ0) is 84.6. The first-order valence-corrected chi connectivity index (χ1v) is 52.4. The average Bonchev–Trinajstić information content (AvgIpc) is 3.61. The molecule has 0 radical (unpaired) electrons. The molecule has 0 aromatic carbocycles. The Labute approximate surface area is 626 Å². The molecule has 0 saturated carbocycles. The molecule has 0 spiro atoms. The maximum Gasteiger partial charge on any atom is 0.676 e. The minimum Gasteiger partial charge on any atom is -0.398 e. The van der Waals surface area contributed by atoms with Crippen LogP contribution in [0.4, 0.5) is 0 Å². The molecule has 616 valence electrons. The summed E-state index contributed by atoms with van der Waals surface area (Å²) in [6.45, 7) is 72.4. The molecule has 0 fully saturated rings. The summed E-state index contributed by atoms with van der Waals surface area (Å²) in [5.74, 6) is 1.82. The normalized spacial score (nSPS) is 8.60. The maximum atomic E-state index is 8.91. The molecule has 35 heteroatoms. The first-order chi connectivity index (χ1) is 45.6. The molecule has 0 aromatic heterocycles. The van der Waals surface area contributed by atoms with Crippen LogP contribution in [-0.4, -0.2) is 227 Å². The van der Waals surface area contributed by atoms with Crippen molar-refractivity contribution in [2.45, 2.75) is 285 Å². The lowest BCUT2D eigenvalue weighted by atomic mass is 10.6. The fourth-order valence-electron chi connectivity index (χ4n) is 2.87. The van der Waals surface area contributed by atoms with Crippen LogP contribution < -0.4 is 0 Å². The molecular formula is C61H180O24S2Si9. The van der Waals surface area contributed by atoms with Crippen molar-refractivity contribution in [3.8, 4) is 0 Å². The quantitative estimate of drug-likeness (QED) is 0.0419. The lowest BCUT2D eigenvalue weighted by Gasteiger charge is -2.21. The lowest BCUT2D eigenvalue weighted by molar-refractivity contribution is 0.0409. The summed E-state index contributed by atoms with van der Waals surface area (Å²) in [4.78, 5) is 26.7. The average molecular weight is 1610 g/mol. The van der Waals surface area contributed by atoms with E-state index in [0.717, 1.165) is 48.5 Å². The van der Waals surface area contributed by atoms with Gasteiger partial charge in [-0.05, 0) is 74.7 Å². The van der Waals surface area contributed by atoms with E-state index in [0.29, 0.717) is 0 Å². The molecule has 0 atom stereocenters. The van der Waals surface area contributed by atoms with Crippen LogP contribution in [0.15, 0.2) is 0 Å². The van der Waals surface area contributed by atoms with Crippen LogP contribution in [0.5, 0.6) is 0 Å². The van der Waals surface area contributed by atoms with E-state index in [1.807, 2.05) is 221 Å². The number of rotatable bonds is 25. The Morgan fingerprint density at radius 2 is 0.333 bits per heavy atom. The van der Waals surface area contributed by atoms with Gasteiger partial charge in [-0.2, -0.15) is 25.3 Å². The molecular weight excluding hydrogens is 1430 g/mol. The molecule has 0 rings (SSSR count). The summed E-state index contributed by atoms with van der Waals surface area (Å²) in [6, 6.07) is 4.09. The molecule has 0 aliphatic rings. The minimum atomic E-state index is -3.17. The SMILES string of the molecule is CC.CC.CC.CC.CC.CC.CC.CC.CC.CC.CC.CC.CC.CC.CC.CC[Si](C)(OC)OC.CC[Si](C)(OC)OC.CO[Si](C)(CCCS)OC.CO[Si](C)(CCCS)OC.CO[Si](O)(OC)OC.CO[Si](O)(OC)OC.CO[Si](O)(OC)OC.O=[Si]=O.O=[Si]=O. The molecule has 24 nitrogen and oxygen atoms in total. The largest absolute Gasteiger partial charge is 0.676 e. The van der Waals surface area contributed by atoms with Gasteiger partial charge in [-0.1, -0.05) is 222 Å². The molecule has 0 heterocycles. The standard InChI is InChI=1S/2C6H16O2SSi.2C5H14O2Si.3C3H10O4Si.15C2H6.2O2Si/c2*1-7-10(3,8-2)6-4-5-9;5*1-5-8(4,6-2)7-3;15*1-2;2*1-3-2/h2*9H,4-6H2,1-3H3;2*5H2,1-4H3;3*4H,1-3H3;15*1-2H3;;. The van der Waals surface area contributed by atoms with Gasteiger partial charge in [0.1, 0.15) is 0 Å². The first kappa shape index (κ1) is 168. The minimum absolute atomic E-state index is 0.912. The summed E-state index contributed by atoms with van der Waals surface area (Å²) in [7, 11) is 6.47. The summed E-state index contributed by atoms with van der Waals surface area (Å²) in [6.07, 6.45) is 2.15. The summed E-state index contributed by atoms with van der Waals surface area (Å²) in [5.41, 5.74) is 0. The smallest absolute Gasteiger partial charge is 0.398 e. The van der Waals surface area contributed by atoms with E-state index < -0.39 is 80.0 Å². The number of hydrogen-bond acceptors (Lipinski definition) is 26. The van der Waals surface area contributed by atoms with Crippen LogP contribution >= 0.6 is 25.3 Å². The van der Waals surface area contributed by atoms with Crippen molar-refractivity contribution in [3.05, 3.63) is 0 Å². The Morgan fingerprint density at radius 3 is 0.365 bits per heavy atom. The van der Waals surface area contributed by atoms with Gasteiger partial charge in [-0.3, -0.25) is 17.8 Å². The molecule has 96 heavy (non-hydrogen) atoms. The third kappa shape index (κ3) is 182. The second-order valence-corrected chi connectivity index (χ2v) is 34.9. The van der Waals surface area contributed by atoms with Crippen molar-refractivity contribution >= 4 is 105 Å². The second kappa shape index (κ2) is 177. The van der Waals surface area contributed by atoms with Crippen LogP contribution in [0.3, 0.4) is 0 Å². The molecule has 0 saturated heterocycles. The zero-order valence-corrected chi connectivity index (χ0v) is 84.8. The Bertz CT molecular complexity index is 884. The van der Waals surface area contributed by atoms with Gasteiger partial charge in [0, 0.05) is 121 Å². The highest BCUT2D eigenvalue weighted by Gasteiger charge is 2.38. The molecule has 0 aliphatic carbocycles. The highest BCUT2D eigenvalue weighted by molar-refractivity contribution is 7.80. The Hall–Kier alpha value is 1.05. The van der Waals surface area contributed by atoms with E-state index in [1.54, 1.807) is 56.9 Å². The van der Waals surface area contributed by atoms with Crippen molar-refractivity contribution in [3.63, 3.8) is 0 Å². The van der Waals surface area contributed by atoms with Crippen molar-refractivity contribution in [2.75, 3.05) is 132 Å². The van der Waals surface area contributed by atoms with Crippen molar-refractivity contribution in [1.29, 1.82) is 0 Å². The van der Waals surface area contributed by atoms with Crippen molar-refractivity contribution < 1.29 is 107 Å². The first-order valence-electron chi connectivity index (χ1n) is 34.4. The van der Waals surface area contributed by atoms with Crippen LogP contribution in [-0.2, 0) is 93.1 Å². The van der Waals surface area contributed by atoms with E-state index in [9.17, 15) is 0 Å². The Kier molecular flexibility index (Phi) is 309. The second-order valence-electron chi connectivity index (χ2n) is 12.1. The van der Waals surface area contributed by atoms with Crippen LogP contribution in [0.2, 0.25) is 50.4 Å². The highest BCUT2D eigenvalue weighted by atomic mass is 32.1. The monoisotopic (exact) mass is 1610 g/mol. The predicted octanol–water partition coefficient (Wildman–Crippen LogP) is 18.3. The fraction of sp³-hybridized carbons (Fsp3) is 1.00. The topological polar surface area (TPSA) is 286 Å². The van der Waals surface area contributed by atoms with E-state index in [4.69, 9.17) is 67.6 Å². The van der Waals surface area contributed by atoms with Crippen LogP contribution in [0, 0.1) is 0 Å². The predicted molar refractivity (Wildman–Crippen MR) is 442 cm³/mol. The lowest BCUT2D eigenvalue weighted by Crippen LogP contribution is -2.42. The third-order valence-corrected chi connectivity index (χ3v) is 25.9. The number of hydrogen-bond donors (Lipinski definition) is 5. The van der Waals surface area contributed by atoms with Crippen LogP contribution in [0.1, 0.15) is 234 Å².